The molecule has 2 aromatic carbocycles. The van der Waals surface area contributed by atoms with Crippen LogP contribution in [0.1, 0.15) is 17.0 Å². The predicted molar refractivity (Wildman–Crippen MR) is 92.6 cm³/mol. The second-order valence-electron chi connectivity index (χ2n) is 6.30. The minimum absolute atomic E-state index is 0.0236. The zero-order chi connectivity index (χ0) is 18.5. The minimum atomic E-state index is -2.06. The van der Waals surface area contributed by atoms with Crippen LogP contribution in [0.5, 0.6) is 11.5 Å². The SMILES string of the molecule is COC1(OC)[C@H]2C(=O)C=C(c3ccccc3)[C@]1(O)Oc1ccc(O)cc12. The third kappa shape index (κ3) is 2.00. The first-order chi connectivity index (χ1) is 12.5. The van der Waals surface area contributed by atoms with Crippen LogP contribution in [-0.4, -0.2) is 41.8 Å². The number of allylic oxidation sites excluding steroid dienone is 1. The number of hydrogen-bond acceptors (Lipinski definition) is 6. The number of carbonyl (C=O) groups is 1. The van der Waals surface area contributed by atoms with Crippen molar-refractivity contribution in [1.29, 1.82) is 0 Å². The molecule has 4 rings (SSSR count). The van der Waals surface area contributed by atoms with Crippen LogP contribution < -0.4 is 4.74 Å². The van der Waals surface area contributed by atoms with Gasteiger partial charge in [0.2, 0.25) is 0 Å². The maximum absolute atomic E-state index is 13.1. The number of ether oxygens (including phenoxy) is 3. The van der Waals surface area contributed by atoms with Gasteiger partial charge in [0, 0.05) is 25.4 Å². The molecule has 2 aliphatic rings. The molecule has 0 unspecified atom stereocenters. The minimum Gasteiger partial charge on any atom is -0.508 e. The van der Waals surface area contributed by atoms with Gasteiger partial charge in [-0.2, -0.15) is 0 Å². The second kappa shape index (κ2) is 5.67. The van der Waals surface area contributed by atoms with E-state index in [9.17, 15) is 15.0 Å². The highest BCUT2D eigenvalue weighted by Crippen LogP contribution is 2.57. The lowest BCUT2D eigenvalue weighted by molar-refractivity contribution is -0.351. The first kappa shape index (κ1) is 16.8. The Morgan fingerprint density at radius 3 is 2.42 bits per heavy atom. The van der Waals surface area contributed by atoms with Crippen molar-refractivity contribution in [1.82, 2.24) is 0 Å². The summed E-state index contributed by atoms with van der Waals surface area (Å²) in [5.74, 6) is -4.90. The van der Waals surface area contributed by atoms with Gasteiger partial charge in [0.15, 0.2) is 5.78 Å². The van der Waals surface area contributed by atoms with E-state index in [-0.39, 0.29) is 22.9 Å². The van der Waals surface area contributed by atoms with Gasteiger partial charge in [0.25, 0.3) is 11.6 Å². The number of aromatic hydroxyl groups is 1. The van der Waals surface area contributed by atoms with E-state index >= 15 is 0 Å². The number of phenols is 1. The third-order valence-electron chi connectivity index (χ3n) is 5.04. The lowest BCUT2D eigenvalue weighted by Crippen LogP contribution is -2.69. The standard InChI is InChI=1S/C20H18O6/c1-24-20(25-2)18-14-10-13(21)8-9-17(14)26-19(20,23)15(11-16(18)22)12-6-4-3-5-7-12/h3-11,18,21,23H,1-2H3/t18-,19+/m1/s1. The summed E-state index contributed by atoms with van der Waals surface area (Å²) in [4.78, 5) is 13.1. The van der Waals surface area contributed by atoms with Gasteiger partial charge in [0.05, 0.1) is 0 Å². The molecule has 6 heteroatoms. The summed E-state index contributed by atoms with van der Waals surface area (Å²) in [5.41, 5.74) is 1.26. The van der Waals surface area contributed by atoms with Crippen LogP contribution in [0.2, 0.25) is 0 Å². The monoisotopic (exact) mass is 354 g/mol. The van der Waals surface area contributed by atoms with Crippen molar-refractivity contribution in [2.24, 2.45) is 0 Å². The average molecular weight is 354 g/mol. The molecule has 0 spiro atoms. The number of phenolic OH excluding ortho intramolecular Hbond substituents is 1. The Kier molecular flexibility index (Phi) is 3.66. The van der Waals surface area contributed by atoms with Crippen molar-refractivity contribution in [3.05, 3.63) is 65.7 Å². The van der Waals surface area contributed by atoms with Crippen molar-refractivity contribution in [3.63, 3.8) is 0 Å². The van der Waals surface area contributed by atoms with Gasteiger partial charge in [0.1, 0.15) is 17.4 Å². The smallest absolute Gasteiger partial charge is 0.291 e. The zero-order valence-electron chi connectivity index (χ0n) is 14.3. The van der Waals surface area contributed by atoms with Gasteiger partial charge in [-0.25, -0.2) is 0 Å². The van der Waals surface area contributed by atoms with Crippen LogP contribution in [0.25, 0.3) is 5.57 Å². The highest BCUT2D eigenvalue weighted by molar-refractivity contribution is 6.06. The maximum Gasteiger partial charge on any atom is 0.291 e. The van der Waals surface area contributed by atoms with E-state index in [0.29, 0.717) is 11.1 Å². The molecule has 1 aliphatic heterocycles. The van der Waals surface area contributed by atoms with Gasteiger partial charge >= 0.3 is 0 Å². The number of benzene rings is 2. The van der Waals surface area contributed by atoms with Crippen LogP contribution >= 0.6 is 0 Å². The average Bonchev–Trinajstić information content (AvgIpc) is 2.65. The van der Waals surface area contributed by atoms with E-state index in [2.05, 4.69) is 0 Å². The number of hydrogen-bond donors (Lipinski definition) is 2. The zero-order valence-corrected chi connectivity index (χ0v) is 14.3. The molecule has 0 saturated carbocycles. The first-order valence-electron chi connectivity index (χ1n) is 8.13. The maximum atomic E-state index is 13.1. The van der Waals surface area contributed by atoms with Crippen molar-refractivity contribution in [3.8, 4) is 11.5 Å². The topological polar surface area (TPSA) is 85.2 Å². The van der Waals surface area contributed by atoms with E-state index in [1.807, 2.05) is 6.07 Å². The Bertz CT molecular complexity index is 900. The Morgan fingerprint density at radius 1 is 1.08 bits per heavy atom. The number of rotatable bonds is 3. The number of aliphatic hydroxyl groups is 1. The molecule has 1 aliphatic carbocycles. The Hall–Kier alpha value is -2.67. The number of fused-ring (bicyclic) bond motifs is 4. The van der Waals surface area contributed by atoms with Crippen LogP contribution in [0, 0.1) is 0 Å². The normalized spacial score (nSPS) is 25.9. The molecular weight excluding hydrogens is 336 g/mol. The molecule has 0 radical (unpaired) electrons. The summed E-state index contributed by atoms with van der Waals surface area (Å²) in [5, 5.41) is 21.5. The van der Waals surface area contributed by atoms with E-state index in [0.717, 1.165) is 0 Å². The summed E-state index contributed by atoms with van der Waals surface area (Å²) in [6.45, 7) is 0. The van der Waals surface area contributed by atoms with E-state index in [1.54, 1.807) is 24.3 Å². The van der Waals surface area contributed by atoms with Gasteiger partial charge in [-0.1, -0.05) is 30.3 Å². The van der Waals surface area contributed by atoms with Crippen LogP contribution in [0.3, 0.4) is 0 Å². The fourth-order valence-electron chi connectivity index (χ4n) is 3.88. The molecule has 6 nitrogen and oxygen atoms in total. The summed E-state index contributed by atoms with van der Waals surface area (Å²) in [7, 11) is 2.69. The molecule has 2 bridgehead atoms. The summed E-state index contributed by atoms with van der Waals surface area (Å²) < 4.78 is 17.1. The molecule has 1 heterocycles. The lowest BCUT2D eigenvalue weighted by Gasteiger charge is -2.53. The predicted octanol–water partition coefficient (Wildman–Crippen LogP) is 2.21. The van der Waals surface area contributed by atoms with E-state index < -0.39 is 17.5 Å². The van der Waals surface area contributed by atoms with Gasteiger partial charge in [-0.15, -0.1) is 0 Å². The van der Waals surface area contributed by atoms with Gasteiger partial charge < -0.3 is 24.4 Å². The third-order valence-corrected chi connectivity index (χ3v) is 5.04. The molecule has 0 fully saturated rings. The van der Waals surface area contributed by atoms with Gasteiger partial charge in [-0.3, -0.25) is 4.79 Å². The number of methoxy groups -OCH3 is 2. The summed E-state index contributed by atoms with van der Waals surface area (Å²) >= 11 is 0. The molecule has 2 atom stereocenters. The second-order valence-corrected chi connectivity index (χ2v) is 6.30. The fourth-order valence-corrected chi connectivity index (χ4v) is 3.88. The molecule has 0 amide bonds. The van der Waals surface area contributed by atoms with Crippen molar-refractivity contribution >= 4 is 11.4 Å². The Labute approximate surface area is 150 Å². The van der Waals surface area contributed by atoms with E-state index in [1.165, 1.54) is 38.5 Å². The molecule has 2 aromatic rings. The summed E-state index contributed by atoms with van der Waals surface area (Å²) in [6.07, 6.45) is 1.35. The Balaban J connectivity index is 2.02. The van der Waals surface area contributed by atoms with Crippen molar-refractivity contribution < 1.29 is 29.2 Å². The summed E-state index contributed by atoms with van der Waals surface area (Å²) in [6, 6.07) is 13.3. The number of ketones is 1. The first-order valence-corrected chi connectivity index (χ1v) is 8.13. The molecule has 26 heavy (non-hydrogen) atoms. The number of carbonyl (C=O) groups excluding carboxylic acids is 1. The molecule has 0 aromatic heterocycles. The van der Waals surface area contributed by atoms with Crippen LogP contribution in [0.15, 0.2) is 54.6 Å². The molecule has 134 valence electrons. The van der Waals surface area contributed by atoms with Crippen LogP contribution in [0.4, 0.5) is 0 Å². The van der Waals surface area contributed by atoms with Crippen LogP contribution in [-0.2, 0) is 14.3 Å². The largest absolute Gasteiger partial charge is 0.508 e. The van der Waals surface area contributed by atoms with E-state index in [4.69, 9.17) is 14.2 Å². The highest BCUT2D eigenvalue weighted by atomic mass is 16.8. The van der Waals surface area contributed by atoms with Crippen molar-refractivity contribution in [2.75, 3.05) is 14.2 Å². The molecular formula is C20H18O6. The quantitative estimate of drug-likeness (QED) is 0.822. The lowest BCUT2D eigenvalue weighted by atomic mass is 9.70. The Morgan fingerprint density at radius 2 is 1.77 bits per heavy atom. The molecule has 0 saturated heterocycles. The highest BCUT2D eigenvalue weighted by Gasteiger charge is 2.69. The van der Waals surface area contributed by atoms with Gasteiger partial charge in [-0.05, 0) is 29.8 Å². The fraction of sp³-hybridized carbons (Fsp3) is 0.250. The molecule has 2 N–H and O–H groups in total. The van der Waals surface area contributed by atoms with Crippen molar-refractivity contribution in [2.45, 2.75) is 17.5 Å².